The van der Waals surface area contributed by atoms with Crippen molar-refractivity contribution in [2.75, 3.05) is 26.7 Å². The van der Waals surface area contributed by atoms with Gasteiger partial charge < -0.3 is 14.5 Å². The van der Waals surface area contributed by atoms with Gasteiger partial charge in [-0.2, -0.15) is 0 Å². The molecule has 1 aliphatic rings. The van der Waals surface area contributed by atoms with E-state index < -0.39 is 0 Å². The van der Waals surface area contributed by atoms with Crippen molar-refractivity contribution in [2.45, 2.75) is 39.2 Å². The van der Waals surface area contributed by atoms with Crippen LogP contribution in [0, 0.1) is 5.92 Å². The lowest BCUT2D eigenvalue weighted by Gasteiger charge is -2.37. The lowest BCUT2D eigenvalue weighted by molar-refractivity contribution is -0.142. The van der Waals surface area contributed by atoms with E-state index in [1.807, 2.05) is 71.3 Å². The van der Waals surface area contributed by atoms with Crippen molar-refractivity contribution >= 4 is 11.8 Å². The molecule has 1 heterocycles. The fourth-order valence-electron chi connectivity index (χ4n) is 4.22. The van der Waals surface area contributed by atoms with E-state index in [-0.39, 0.29) is 23.8 Å². The van der Waals surface area contributed by atoms with Crippen LogP contribution in [-0.4, -0.2) is 48.4 Å². The Labute approximate surface area is 179 Å². The number of benzene rings is 2. The number of hydrogen-bond donors (Lipinski definition) is 0. The van der Waals surface area contributed by atoms with Gasteiger partial charge in [-0.15, -0.1) is 0 Å². The molecule has 0 radical (unpaired) electrons. The molecule has 0 bridgehead atoms. The van der Waals surface area contributed by atoms with Gasteiger partial charge in [0.15, 0.2) is 0 Å². The van der Waals surface area contributed by atoms with E-state index in [2.05, 4.69) is 6.92 Å². The second-order valence-corrected chi connectivity index (χ2v) is 7.92. The predicted octanol–water partition coefficient (Wildman–Crippen LogP) is 4.09. The Hall–Kier alpha value is -2.82. The standard InChI is InChI=1S/C25H32N2O3/c1-4-27(19(2)21-12-8-14-23(17-21)30-3)25(29)22-13-9-15-26(18-22)24(28)16-20-10-6-5-7-11-20/h5-8,10-12,14,17,19,22H,4,9,13,15-16,18H2,1-3H3. The third-order valence-electron chi connectivity index (χ3n) is 5.99. The van der Waals surface area contributed by atoms with E-state index in [0.717, 1.165) is 36.3 Å². The Bertz CT molecular complexity index is 852. The molecule has 2 unspecified atom stereocenters. The molecule has 0 N–H and O–H groups in total. The summed E-state index contributed by atoms with van der Waals surface area (Å²) < 4.78 is 5.34. The van der Waals surface area contributed by atoms with Crippen LogP contribution in [0.2, 0.25) is 0 Å². The number of rotatable bonds is 7. The molecule has 160 valence electrons. The molecule has 2 atom stereocenters. The smallest absolute Gasteiger partial charge is 0.227 e. The van der Waals surface area contributed by atoms with Crippen LogP contribution >= 0.6 is 0 Å². The van der Waals surface area contributed by atoms with E-state index in [1.165, 1.54) is 0 Å². The fraction of sp³-hybridized carbons (Fsp3) is 0.440. The van der Waals surface area contributed by atoms with Crippen LogP contribution in [0.25, 0.3) is 0 Å². The topological polar surface area (TPSA) is 49.9 Å². The molecule has 3 rings (SSSR count). The molecule has 2 aromatic rings. The van der Waals surface area contributed by atoms with Gasteiger partial charge in [0.2, 0.25) is 11.8 Å². The zero-order valence-electron chi connectivity index (χ0n) is 18.2. The van der Waals surface area contributed by atoms with Gasteiger partial charge >= 0.3 is 0 Å². The molecule has 2 aromatic carbocycles. The first-order valence-electron chi connectivity index (χ1n) is 10.8. The van der Waals surface area contributed by atoms with Crippen LogP contribution in [0.4, 0.5) is 0 Å². The number of hydrogen-bond acceptors (Lipinski definition) is 3. The Morgan fingerprint density at radius 2 is 1.93 bits per heavy atom. The Morgan fingerprint density at radius 3 is 2.63 bits per heavy atom. The maximum Gasteiger partial charge on any atom is 0.227 e. The van der Waals surface area contributed by atoms with Gasteiger partial charge in [0.25, 0.3) is 0 Å². The van der Waals surface area contributed by atoms with Crippen molar-refractivity contribution < 1.29 is 14.3 Å². The van der Waals surface area contributed by atoms with E-state index >= 15 is 0 Å². The Balaban J connectivity index is 1.67. The van der Waals surface area contributed by atoms with Crippen LogP contribution in [0.1, 0.15) is 43.9 Å². The van der Waals surface area contributed by atoms with Gasteiger partial charge in [-0.05, 0) is 49.9 Å². The van der Waals surface area contributed by atoms with E-state index in [4.69, 9.17) is 4.74 Å². The summed E-state index contributed by atoms with van der Waals surface area (Å²) in [6.07, 6.45) is 2.08. The maximum atomic E-state index is 13.4. The van der Waals surface area contributed by atoms with Gasteiger partial charge in [0, 0.05) is 19.6 Å². The van der Waals surface area contributed by atoms with E-state index in [9.17, 15) is 9.59 Å². The van der Waals surface area contributed by atoms with Gasteiger partial charge in [0.05, 0.1) is 25.5 Å². The number of carbonyl (C=O) groups excluding carboxylic acids is 2. The molecule has 0 aromatic heterocycles. The van der Waals surface area contributed by atoms with Crippen molar-refractivity contribution in [3.63, 3.8) is 0 Å². The van der Waals surface area contributed by atoms with Gasteiger partial charge in [-0.25, -0.2) is 0 Å². The summed E-state index contributed by atoms with van der Waals surface area (Å²) >= 11 is 0. The SMILES string of the molecule is CCN(C(=O)C1CCCN(C(=O)Cc2ccccc2)C1)C(C)c1cccc(OC)c1. The summed E-state index contributed by atoms with van der Waals surface area (Å²) in [6, 6.07) is 17.6. The summed E-state index contributed by atoms with van der Waals surface area (Å²) in [4.78, 5) is 30.0. The first-order valence-corrected chi connectivity index (χ1v) is 10.8. The molecule has 1 aliphatic heterocycles. The first-order chi connectivity index (χ1) is 14.5. The molecule has 0 saturated carbocycles. The molecule has 30 heavy (non-hydrogen) atoms. The largest absolute Gasteiger partial charge is 0.497 e. The van der Waals surface area contributed by atoms with Crippen LogP contribution in [-0.2, 0) is 16.0 Å². The van der Waals surface area contributed by atoms with Crippen molar-refractivity contribution in [1.82, 2.24) is 9.80 Å². The highest BCUT2D eigenvalue weighted by Crippen LogP contribution is 2.27. The minimum absolute atomic E-state index is 0.0482. The molecular formula is C25H32N2O3. The molecule has 0 aliphatic carbocycles. The summed E-state index contributed by atoms with van der Waals surface area (Å²) in [5.74, 6) is 0.873. The second-order valence-electron chi connectivity index (χ2n) is 7.92. The minimum Gasteiger partial charge on any atom is -0.497 e. The Kier molecular flexibility index (Phi) is 7.50. The highest BCUT2D eigenvalue weighted by atomic mass is 16.5. The van der Waals surface area contributed by atoms with Crippen molar-refractivity contribution in [1.29, 1.82) is 0 Å². The number of likely N-dealkylation sites (tertiary alicyclic amines) is 1. The quantitative estimate of drug-likeness (QED) is 0.693. The van der Waals surface area contributed by atoms with Crippen molar-refractivity contribution in [3.05, 3.63) is 65.7 Å². The lowest BCUT2D eigenvalue weighted by atomic mass is 9.94. The predicted molar refractivity (Wildman–Crippen MR) is 118 cm³/mol. The number of ether oxygens (including phenoxy) is 1. The highest BCUT2D eigenvalue weighted by Gasteiger charge is 2.32. The fourth-order valence-corrected chi connectivity index (χ4v) is 4.22. The number of piperidine rings is 1. The maximum absolute atomic E-state index is 13.4. The number of amides is 2. The van der Waals surface area contributed by atoms with Crippen LogP contribution in [0.3, 0.4) is 0 Å². The second kappa shape index (κ2) is 10.3. The molecule has 1 fully saturated rings. The summed E-state index contributed by atoms with van der Waals surface area (Å²) in [7, 11) is 1.65. The highest BCUT2D eigenvalue weighted by molar-refractivity contribution is 5.82. The lowest BCUT2D eigenvalue weighted by Crippen LogP contribution is -2.47. The number of carbonyl (C=O) groups is 2. The van der Waals surface area contributed by atoms with E-state index in [1.54, 1.807) is 7.11 Å². The summed E-state index contributed by atoms with van der Waals surface area (Å²) in [6.45, 7) is 5.93. The average molecular weight is 409 g/mol. The zero-order chi connectivity index (χ0) is 21.5. The van der Waals surface area contributed by atoms with Gasteiger partial charge in [-0.1, -0.05) is 42.5 Å². The Morgan fingerprint density at radius 1 is 1.17 bits per heavy atom. The van der Waals surface area contributed by atoms with Crippen LogP contribution in [0.5, 0.6) is 5.75 Å². The first kappa shape index (κ1) is 21.9. The molecule has 5 nitrogen and oxygen atoms in total. The zero-order valence-corrected chi connectivity index (χ0v) is 18.2. The van der Waals surface area contributed by atoms with Gasteiger partial charge in [0.1, 0.15) is 5.75 Å². The van der Waals surface area contributed by atoms with Gasteiger partial charge in [-0.3, -0.25) is 9.59 Å². The third kappa shape index (κ3) is 5.21. The van der Waals surface area contributed by atoms with E-state index in [0.29, 0.717) is 19.5 Å². The average Bonchev–Trinajstić information content (AvgIpc) is 2.80. The minimum atomic E-state index is -0.147. The monoisotopic (exact) mass is 408 g/mol. The molecule has 5 heteroatoms. The van der Waals surface area contributed by atoms with Crippen molar-refractivity contribution in [2.24, 2.45) is 5.92 Å². The van der Waals surface area contributed by atoms with Crippen LogP contribution < -0.4 is 4.74 Å². The molecule has 0 spiro atoms. The summed E-state index contributed by atoms with van der Waals surface area (Å²) in [5, 5.41) is 0. The molecule has 2 amide bonds. The van der Waals surface area contributed by atoms with Crippen LogP contribution in [0.15, 0.2) is 54.6 Å². The summed E-state index contributed by atoms with van der Waals surface area (Å²) in [5.41, 5.74) is 2.06. The number of nitrogens with zero attached hydrogens (tertiary/aromatic N) is 2. The molecule has 1 saturated heterocycles. The van der Waals surface area contributed by atoms with Crippen molar-refractivity contribution in [3.8, 4) is 5.75 Å². The normalized spacial score (nSPS) is 17.3. The molecular weight excluding hydrogens is 376 g/mol. The number of methoxy groups -OCH3 is 1. The third-order valence-corrected chi connectivity index (χ3v) is 5.99.